The van der Waals surface area contributed by atoms with E-state index in [9.17, 15) is 9.59 Å². The van der Waals surface area contributed by atoms with Crippen molar-refractivity contribution in [1.82, 2.24) is 10.3 Å². The van der Waals surface area contributed by atoms with Gasteiger partial charge in [0.05, 0.1) is 11.1 Å². The van der Waals surface area contributed by atoms with E-state index in [4.69, 9.17) is 33.0 Å². The van der Waals surface area contributed by atoms with Crippen LogP contribution in [0.5, 0.6) is 0 Å². The van der Waals surface area contributed by atoms with E-state index >= 15 is 0 Å². The zero-order valence-corrected chi connectivity index (χ0v) is 11.8. The van der Waals surface area contributed by atoms with Crippen molar-refractivity contribution in [3.63, 3.8) is 0 Å². The molecule has 1 fully saturated rings. The normalized spacial score (nSPS) is 21.7. The third-order valence-electron chi connectivity index (χ3n) is 2.90. The van der Waals surface area contributed by atoms with Crippen molar-refractivity contribution < 1.29 is 19.4 Å². The quantitative estimate of drug-likeness (QED) is 0.826. The van der Waals surface area contributed by atoms with Gasteiger partial charge in [-0.1, -0.05) is 23.2 Å². The van der Waals surface area contributed by atoms with Gasteiger partial charge in [0, 0.05) is 6.54 Å². The van der Waals surface area contributed by atoms with E-state index < -0.39 is 18.0 Å². The van der Waals surface area contributed by atoms with E-state index in [-0.39, 0.29) is 28.5 Å². The number of pyridine rings is 1. The van der Waals surface area contributed by atoms with E-state index in [0.717, 1.165) is 0 Å². The number of amides is 1. The van der Waals surface area contributed by atoms with Gasteiger partial charge < -0.3 is 15.2 Å². The van der Waals surface area contributed by atoms with Crippen molar-refractivity contribution in [3.05, 3.63) is 28.0 Å². The number of aliphatic carboxylic acids is 1. The number of nitrogens with zero attached hydrogens (tertiary/aromatic N) is 1. The van der Waals surface area contributed by atoms with Crippen molar-refractivity contribution >= 4 is 35.1 Å². The molecule has 0 radical (unpaired) electrons. The van der Waals surface area contributed by atoms with Gasteiger partial charge >= 0.3 is 5.97 Å². The Kier molecular flexibility index (Phi) is 4.80. The number of carboxylic acids is 1. The van der Waals surface area contributed by atoms with Gasteiger partial charge in [-0.05, 0) is 25.0 Å². The predicted octanol–water partition coefficient (Wildman–Crippen LogP) is 1.75. The van der Waals surface area contributed by atoms with E-state index in [2.05, 4.69) is 10.3 Å². The number of ether oxygens (including phenoxy) is 1. The molecule has 6 nitrogen and oxygen atoms in total. The lowest BCUT2D eigenvalue weighted by Crippen LogP contribution is -2.33. The molecule has 1 aliphatic rings. The minimum absolute atomic E-state index is 0.0342. The highest BCUT2D eigenvalue weighted by molar-refractivity contribution is 6.34. The second-order valence-electron chi connectivity index (χ2n) is 4.34. The third-order valence-corrected chi connectivity index (χ3v) is 3.42. The summed E-state index contributed by atoms with van der Waals surface area (Å²) in [6.07, 6.45) is -0.109. The van der Waals surface area contributed by atoms with Crippen molar-refractivity contribution in [2.24, 2.45) is 0 Å². The maximum atomic E-state index is 11.9. The van der Waals surface area contributed by atoms with Crippen LogP contribution >= 0.6 is 23.2 Å². The Morgan fingerprint density at radius 2 is 2.15 bits per heavy atom. The van der Waals surface area contributed by atoms with Crippen LogP contribution in [0.4, 0.5) is 0 Å². The summed E-state index contributed by atoms with van der Waals surface area (Å²) < 4.78 is 5.27. The highest BCUT2D eigenvalue weighted by atomic mass is 35.5. The zero-order valence-electron chi connectivity index (χ0n) is 10.3. The third kappa shape index (κ3) is 3.59. The topological polar surface area (TPSA) is 88.5 Å². The molecule has 1 aromatic heterocycles. The second kappa shape index (κ2) is 6.39. The first-order chi connectivity index (χ1) is 9.47. The van der Waals surface area contributed by atoms with Crippen LogP contribution in [0, 0.1) is 0 Å². The molecule has 2 atom stereocenters. The molecule has 1 saturated heterocycles. The molecular formula is C12H12Cl2N2O4. The van der Waals surface area contributed by atoms with E-state index in [1.165, 1.54) is 12.1 Å². The summed E-state index contributed by atoms with van der Waals surface area (Å²) in [4.78, 5) is 26.5. The lowest BCUT2D eigenvalue weighted by molar-refractivity contribution is -0.149. The highest BCUT2D eigenvalue weighted by Crippen LogP contribution is 2.20. The fourth-order valence-electron chi connectivity index (χ4n) is 1.91. The fraction of sp³-hybridized carbons (Fsp3) is 0.417. The van der Waals surface area contributed by atoms with Gasteiger partial charge in [-0.3, -0.25) is 4.79 Å². The molecule has 1 amide bonds. The molecule has 2 rings (SSSR count). The van der Waals surface area contributed by atoms with Crippen molar-refractivity contribution in [3.8, 4) is 0 Å². The maximum Gasteiger partial charge on any atom is 0.332 e. The van der Waals surface area contributed by atoms with Crippen molar-refractivity contribution in [2.45, 2.75) is 25.0 Å². The van der Waals surface area contributed by atoms with Crippen molar-refractivity contribution in [2.75, 3.05) is 6.54 Å². The van der Waals surface area contributed by atoms with Crippen LogP contribution in [0.15, 0.2) is 12.1 Å². The Hall–Kier alpha value is -1.37. The minimum atomic E-state index is -0.988. The average Bonchev–Trinajstić information content (AvgIpc) is 2.88. The molecule has 0 spiro atoms. The molecule has 108 valence electrons. The SMILES string of the molecule is O=C(NCC1CCC(C(=O)O)O1)c1nc(Cl)ccc1Cl. The monoisotopic (exact) mass is 318 g/mol. The highest BCUT2D eigenvalue weighted by Gasteiger charge is 2.30. The van der Waals surface area contributed by atoms with Gasteiger partial charge in [0.15, 0.2) is 6.10 Å². The largest absolute Gasteiger partial charge is 0.479 e. The van der Waals surface area contributed by atoms with Crippen LogP contribution in [0.25, 0.3) is 0 Å². The fourth-order valence-corrected chi connectivity index (χ4v) is 2.24. The summed E-state index contributed by atoms with van der Waals surface area (Å²) in [5.74, 6) is -1.46. The lowest BCUT2D eigenvalue weighted by atomic mass is 10.2. The summed E-state index contributed by atoms with van der Waals surface area (Å²) in [6, 6.07) is 2.97. The molecular weight excluding hydrogens is 307 g/mol. The van der Waals surface area contributed by atoms with Crippen LogP contribution in [-0.2, 0) is 9.53 Å². The molecule has 0 bridgehead atoms. The minimum Gasteiger partial charge on any atom is -0.479 e. The van der Waals surface area contributed by atoms with Crippen LogP contribution in [0.2, 0.25) is 10.2 Å². The number of nitrogens with one attached hydrogen (secondary N) is 1. The van der Waals surface area contributed by atoms with Crippen LogP contribution in [-0.4, -0.2) is 40.7 Å². The Morgan fingerprint density at radius 1 is 1.40 bits per heavy atom. The number of carbonyl (C=O) groups is 2. The first kappa shape index (κ1) is 15.0. The van der Waals surface area contributed by atoms with Gasteiger partial charge in [-0.25, -0.2) is 9.78 Å². The molecule has 0 aromatic carbocycles. The Labute approximate surface area is 125 Å². The van der Waals surface area contributed by atoms with Gasteiger partial charge in [-0.2, -0.15) is 0 Å². The summed E-state index contributed by atoms with van der Waals surface area (Å²) in [5.41, 5.74) is 0.0342. The smallest absolute Gasteiger partial charge is 0.332 e. The molecule has 20 heavy (non-hydrogen) atoms. The van der Waals surface area contributed by atoms with Crippen LogP contribution < -0.4 is 5.32 Å². The second-order valence-corrected chi connectivity index (χ2v) is 5.13. The molecule has 0 aliphatic carbocycles. The van der Waals surface area contributed by atoms with Gasteiger partial charge in [0.2, 0.25) is 0 Å². The molecule has 2 heterocycles. The lowest BCUT2D eigenvalue weighted by Gasteiger charge is -2.12. The number of carboxylic acid groups (broad SMARTS) is 1. The predicted molar refractivity (Wildman–Crippen MR) is 72.1 cm³/mol. The Balaban J connectivity index is 1.90. The first-order valence-corrected chi connectivity index (χ1v) is 6.71. The molecule has 8 heteroatoms. The summed E-state index contributed by atoms with van der Waals surface area (Å²) >= 11 is 11.6. The van der Waals surface area contributed by atoms with Gasteiger partial charge in [0.25, 0.3) is 5.91 Å². The summed E-state index contributed by atoms with van der Waals surface area (Å²) in [6.45, 7) is 0.202. The number of hydrogen-bond acceptors (Lipinski definition) is 4. The van der Waals surface area contributed by atoms with E-state index in [1.54, 1.807) is 0 Å². The van der Waals surface area contributed by atoms with Gasteiger partial charge in [-0.15, -0.1) is 0 Å². The number of hydrogen-bond donors (Lipinski definition) is 2. The van der Waals surface area contributed by atoms with E-state index in [0.29, 0.717) is 12.8 Å². The van der Waals surface area contributed by atoms with Crippen LogP contribution in [0.1, 0.15) is 23.3 Å². The van der Waals surface area contributed by atoms with Crippen LogP contribution in [0.3, 0.4) is 0 Å². The maximum absolute atomic E-state index is 11.9. The molecule has 1 aliphatic heterocycles. The molecule has 2 unspecified atom stereocenters. The molecule has 0 saturated carbocycles. The number of aromatic nitrogens is 1. The number of rotatable bonds is 4. The number of carbonyl (C=O) groups excluding carboxylic acids is 1. The summed E-state index contributed by atoms with van der Waals surface area (Å²) in [7, 11) is 0. The van der Waals surface area contributed by atoms with E-state index in [1.807, 2.05) is 0 Å². The Morgan fingerprint density at radius 3 is 2.80 bits per heavy atom. The zero-order chi connectivity index (χ0) is 14.7. The summed E-state index contributed by atoms with van der Waals surface area (Å²) in [5, 5.41) is 11.8. The molecule has 2 N–H and O–H groups in total. The number of halogens is 2. The molecule has 1 aromatic rings. The first-order valence-electron chi connectivity index (χ1n) is 5.96. The van der Waals surface area contributed by atoms with Crippen molar-refractivity contribution in [1.29, 1.82) is 0 Å². The Bertz CT molecular complexity index is 538. The van der Waals surface area contributed by atoms with Gasteiger partial charge in [0.1, 0.15) is 10.8 Å². The standard InChI is InChI=1S/C12H12Cl2N2O4/c13-7-2-4-9(14)16-10(7)11(17)15-5-6-1-3-8(20-6)12(18)19/h2,4,6,8H,1,3,5H2,(H,15,17)(H,18,19). The average molecular weight is 319 g/mol.